The van der Waals surface area contributed by atoms with Crippen LogP contribution in [0.1, 0.15) is 22.3 Å². The predicted molar refractivity (Wildman–Crippen MR) is 102 cm³/mol. The molecule has 0 aromatic heterocycles. The van der Waals surface area contributed by atoms with Crippen LogP contribution in [0.25, 0.3) is 0 Å². The van der Waals surface area contributed by atoms with Crippen molar-refractivity contribution in [3.05, 3.63) is 95.1 Å². The highest BCUT2D eigenvalue weighted by Gasteiger charge is 2.72. The molecule has 0 N–H and O–H groups in total. The Morgan fingerprint density at radius 1 is 0.500 bits per heavy atom. The number of hydrogen-bond donors (Lipinski definition) is 0. The first-order valence-electron chi connectivity index (χ1n) is 9.01. The Kier molecular flexibility index (Phi) is 5.58. The molecule has 158 valence electrons. The van der Waals surface area contributed by atoms with Crippen molar-refractivity contribution in [2.75, 3.05) is 0 Å². The van der Waals surface area contributed by atoms with E-state index in [1.165, 1.54) is 12.1 Å². The van der Waals surface area contributed by atoms with Crippen LogP contribution in [0.2, 0.25) is 0 Å². The minimum Gasteiger partial charge on any atom is -0.457 e. The van der Waals surface area contributed by atoms with Crippen molar-refractivity contribution in [1.82, 2.24) is 0 Å². The molecule has 0 aliphatic rings. The maximum absolute atomic E-state index is 14.1. The summed E-state index contributed by atoms with van der Waals surface area (Å²) >= 11 is 0. The number of benzene rings is 3. The van der Waals surface area contributed by atoms with Gasteiger partial charge in [-0.25, -0.2) is 0 Å². The third-order valence-corrected chi connectivity index (χ3v) is 4.88. The van der Waals surface area contributed by atoms with Crippen LogP contribution in [0.3, 0.4) is 0 Å². The van der Waals surface area contributed by atoms with Crippen molar-refractivity contribution in [2.45, 2.75) is 31.6 Å². The Morgan fingerprint density at radius 3 is 1.17 bits per heavy atom. The van der Waals surface area contributed by atoms with Crippen molar-refractivity contribution in [3.8, 4) is 11.5 Å². The van der Waals surface area contributed by atoms with E-state index in [2.05, 4.69) is 0 Å². The third kappa shape index (κ3) is 3.88. The fourth-order valence-corrected chi connectivity index (χ4v) is 3.30. The van der Waals surface area contributed by atoms with E-state index >= 15 is 0 Å². The van der Waals surface area contributed by atoms with E-state index in [-0.39, 0.29) is 5.75 Å². The molecular weight excluding hydrogens is 406 g/mol. The summed E-state index contributed by atoms with van der Waals surface area (Å²) in [4.78, 5) is 0. The average molecular weight is 424 g/mol. The van der Waals surface area contributed by atoms with Crippen LogP contribution in [-0.2, 0) is 5.41 Å². The van der Waals surface area contributed by atoms with E-state index in [1.807, 2.05) is 6.92 Å². The Bertz CT molecular complexity index is 970. The minimum atomic E-state index is -5.61. The predicted octanol–water partition coefficient (Wildman–Crippen LogP) is 7.51. The number of rotatable bonds is 4. The number of halogens is 6. The van der Waals surface area contributed by atoms with Gasteiger partial charge in [0, 0.05) is 0 Å². The Morgan fingerprint density at radius 2 is 0.800 bits per heavy atom. The van der Waals surface area contributed by atoms with Gasteiger partial charge in [0.1, 0.15) is 11.5 Å². The van der Waals surface area contributed by atoms with Gasteiger partial charge in [0.15, 0.2) is 0 Å². The van der Waals surface area contributed by atoms with E-state index in [4.69, 9.17) is 4.74 Å². The van der Waals surface area contributed by atoms with Crippen LogP contribution in [0, 0.1) is 13.8 Å². The van der Waals surface area contributed by atoms with E-state index in [1.54, 1.807) is 31.2 Å². The highest BCUT2D eigenvalue weighted by atomic mass is 19.4. The number of alkyl halides is 6. The fourth-order valence-electron chi connectivity index (χ4n) is 3.30. The van der Waals surface area contributed by atoms with Crippen LogP contribution < -0.4 is 4.74 Å². The molecule has 3 rings (SSSR count). The lowest BCUT2D eigenvalue weighted by molar-refractivity contribution is -0.288. The maximum Gasteiger partial charge on any atom is 0.411 e. The average Bonchev–Trinajstić information content (AvgIpc) is 2.65. The van der Waals surface area contributed by atoms with Crippen molar-refractivity contribution >= 4 is 0 Å². The van der Waals surface area contributed by atoms with Crippen molar-refractivity contribution in [1.29, 1.82) is 0 Å². The fraction of sp³-hybridized carbons (Fsp3) is 0.217. The van der Waals surface area contributed by atoms with Crippen molar-refractivity contribution < 1.29 is 31.1 Å². The second kappa shape index (κ2) is 7.70. The largest absolute Gasteiger partial charge is 0.457 e. The van der Waals surface area contributed by atoms with Crippen LogP contribution in [0.5, 0.6) is 11.5 Å². The zero-order valence-corrected chi connectivity index (χ0v) is 16.1. The van der Waals surface area contributed by atoms with Gasteiger partial charge >= 0.3 is 12.4 Å². The summed E-state index contributed by atoms with van der Waals surface area (Å²) in [5, 5.41) is 0. The second-order valence-electron chi connectivity index (χ2n) is 7.05. The molecule has 0 spiro atoms. The van der Waals surface area contributed by atoms with Gasteiger partial charge in [-0.15, -0.1) is 0 Å². The molecule has 3 aromatic rings. The van der Waals surface area contributed by atoms with Gasteiger partial charge in [0.2, 0.25) is 5.41 Å². The first-order chi connectivity index (χ1) is 13.9. The molecule has 3 aromatic carbocycles. The van der Waals surface area contributed by atoms with Gasteiger partial charge in [0.05, 0.1) is 0 Å². The molecule has 0 amide bonds. The van der Waals surface area contributed by atoms with Gasteiger partial charge in [-0.3, -0.25) is 0 Å². The molecule has 0 heterocycles. The van der Waals surface area contributed by atoms with Gasteiger partial charge in [0.25, 0.3) is 0 Å². The number of hydrogen-bond acceptors (Lipinski definition) is 1. The first-order valence-corrected chi connectivity index (χ1v) is 9.01. The molecule has 0 aliphatic heterocycles. The Labute approximate surface area is 169 Å². The molecule has 1 nitrogen and oxygen atoms in total. The van der Waals surface area contributed by atoms with Crippen molar-refractivity contribution in [3.63, 3.8) is 0 Å². The Hall–Kier alpha value is -2.96. The monoisotopic (exact) mass is 424 g/mol. The summed E-state index contributed by atoms with van der Waals surface area (Å²) in [6, 6.07) is 14.9. The lowest BCUT2D eigenvalue weighted by Gasteiger charge is -2.38. The highest BCUT2D eigenvalue weighted by molar-refractivity contribution is 5.47. The number of ether oxygens (including phenoxy) is 1. The molecule has 0 radical (unpaired) electrons. The first kappa shape index (κ1) is 21.7. The molecule has 0 atom stereocenters. The van der Waals surface area contributed by atoms with E-state index < -0.39 is 28.9 Å². The van der Waals surface area contributed by atoms with E-state index in [9.17, 15) is 26.3 Å². The molecule has 0 saturated carbocycles. The van der Waals surface area contributed by atoms with Crippen LogP contribution in [0.4, 0.5) is 26.3 Å². The molecular formula is C23H18F6O. The standard InChI is InChI=1S/C23H18F6O/c1-15-3-7-17(8-4-15)21(22(24,25)26,23(27,28)29)18-9-13-20(14-10-18)30-19-11-5-16(2)6-12-19/h3-14H,1-2H3. The normalized spacial score (nSPS) is 12.7. The molecule has 0 fully saturated rings. The van der Waals surface area contributed by atoms with Gasteiger partial charge in [-0.05, 0) is 49.2 Å². The lowest BCUT2D eigenvalue weighted by atomic mass is 9.72. The smallest absolute Gasteiger partial charge is 0.411 e. The molecule has 7 heteroatoms. The van der Waals surface area contributed by atoms with Crippen LogP contribution in [0.15, 0.2) is 72.8 Å². The summed E-state index contributed by atoms with van der Waals surface area (Å²) in [5.41, 5.74) is -4.44. The Balaban J connectivity index is 2.10. The van der Waals surface area contributed by atoms with E-state index in [0.717, 1.165) is 42.0 Å². The summed E-state index contributed by atoms with van der Waals surface area (Å²) in [6.07, 6.45) is -11.2. The third-order valence-electron chi connectivity index (χ3n) is 4.88. The second-order valence-corrected chi connectivity index (χ2v) is 7.05. The van der Waals surface area contributed by atoms with Gasteiger partial charge < -0.3 is 4.74 Å². The molecule has 0 aliphatic carbocycles. The summed E-state index contributed by atoms with van der Waals surface area (Å²) < 4.78 is 90.0. The molecule has 30 heavy (non-hydrogen) atoms. The summed E-state index contributed by atoms with van der Waals surface area (Å²) in [5.74, 6) is 0.551. The van der Waals surface area contributed by atoms with Crippen LogP contribution in [-0.4, -0.2) is 12.4 Å². The lowest BCUT2D eigenvalue weighted by Crippen LogP contribution is -2.54. The van der Waals surface area contributed by atoms with E-state index in [0.29, 0.717) is 11.3 Å². The quantitative estimate of drug-likeness (QED) is 0.394. The molecule has 0 saturated heterocycles. The van der Waals surface area contributed by atoms with Crippen LogP contribution >= 0.6 is 0 Å². The highest BCUT2D eigenvalue weighted by Crippen LogP contribution is 2.56. The molecule has 0 unspecified atom stereocenters. The summed E-state index contributed by atoms with van der Waals surface area (Å²) in [7, 11) is 0. The zero-order chi connectivity index (χ0) is 22.2. The van der Waals surface area contributed by atoms with Gasteiger partial charge in [-0.1, -0.05) is 59.7 Å². The number of aryl methyl sites for hydroxylation is 2. The van der Waals surface area contributed by atoms with Gasteiger partial charge in [-0.2, -0.15) is 26.3 Å². The van der Waals surface area contributed by atoms with Crippen molar-refractivity contribution in [2.24, 2.45) is 0 Å². The SMILES string of the molecule is Cc1ccc(Oc2ccc(C(c3ccc(C)cc3)(C(F)(F)F)C(F)(F)F)cc2)cc1. The zero-order valence-electron chi connectivity index (χ0n) is 16.1. The topological polar surface area (TPSA) is 9.23 Å². The minimum absolute atomic E-state index is 0.129. The maximum atomic E-state index is 14.1. The summed E-state index contributed by atoms with van der Waals surface area (Å²) in [6.45, 7) is 3.46. The molecule has 0 bridgehead atoms.